The van der Waals surface area contributed by atoms with Crippen molar-refractivity contribution in [3.05, 3.63) is 69.3 Å². The summed E-state index contributed by atoms with van der Waals surface area (Å²) in [5.74, 6) is -3.29. The molecule has 0 saturated carbocycles. The van der Waals surface area contributed by atoms with E-state index in [1.54, 1.807) is 19.1 Å². The van der Waals surface area contributed by atoms with Crippen molar-refractivity contribution in [1.82, 2.24) is 14.9 Å². The molecule has 0 radical (unpaired) electrons. The molecule has 47 heavy (non-hydrogen) atoms. The van der Waals surface area contributed by atoms with Crippen molar-refractivity contribution >= 4 is 46.2 Å². The summed E-state index contributed by atoms with van der Waals surface area (Å²) in [6, 6.07) is 8.23. The molecular weight excluding hydrogens is 610 g/mol. The number of aromatic nitrogens is 2. The molecule has 0 aliphatic heterocycles. The third kappa shape index (κ3) is 6.85. The molecule has 0 spiro atoms. The first kappa shape index (κ1) is 34.3. The first-order valence-corrected chi connectivity index (χ1v) is 14.8. The molecule has 1 aliphatic carbocycles. The molecule has 1 unspecified atom stereocenters. The molecule has 246 valence electrons. The van der Waals surface area contributed by atoms with Crippen LogP contribution in [-0.4, -0.2) is 85.0 Å². The predicted molar refractivity (Wildman–Crippen MR) is 170 cm³/mol. The van der Waals surface area contributed by atoms with E-state index in [4.69, 9.17) is 17.3 Å². The maximum absolute atomic E-state index is 13.7. The summed E-state index contributed by atoms with van der Waals surface area (Å²) in [7, 11) is 1.09. The SMILES string of the molecule is C#CCN(c1ccc(C(=O)N(C)[C@@](CCC(=O)O)(C(=O)O)C(=O)CC[C@H](N)C(=O)O)cc1)C1CCc2cc3nc(C)[nH]c(=O)c3cc21. The number of nitrogens with two attached hydrogens (primary N) is 1. The van der Waals surface area contributed by atoms with E-state index < -0.39 is 66.9 Å². The lowest BCUT2D eigenvalue weighted by molar-refractivity contribution is -0.156. The van der Waals surface area contributed by atoms with Crippen molar-refractivity contribution in [2.45, 2.75) is 63.1 Å². The molecule has 6 N–H and O–H groups in total. The fraction of sp³-hybridized carbons (Fsp3) is 0.364. The normalized spacial score (nSPS) is 15.6. The Morgan fingerprint density at radius 2 is 1.81 bits per heavy atom. The molecule has 3 atom stereocenters. The number of hydrogen-bond acceptors (Lipinski definition) is 9. The minimum atomic E-state index is -2.59. The first-order chi connectivity index (χ1) is 22.2. The standard InChI is InChI=1S/C33H35N5O9/c1-4-15-38(26-11-7-20-16-25-23(17-22(20)26)29(42)36-18(2)35-25)21-8-5-19(6-9-21)30(43)37(3)33(32(46)47,14-13-28(40)41)27(39)12-10-24(34)31(44)45/h1,5-6,8-9,16-17,24,26H,7,10-15,34H2,2-3H3,(H,40,41)(H,44,45)(H,46,47)(H,35,36,42)/t24-,26?,33+/m0/s1. The lowest BCUT2D eigenvalue weighted by Gasteiger charge is -2.37. The number of ketones is 1. The third-order valence-electron chi connectivity index (χ3n) is 8.61. The number of anilines is 1. The van der Waals surface area contributed by atoms with Crippen LogP contribution in [0.3, 0.4) is 0 Å². The van der Waals surface area contributed by atoms with Gasteiger partial charge in [0, 0.05) is 31.1 Å². The van der Waals surface area contributed by atoms with E-state index in [9.17, 15) is 39.0 Å². The minimum absolute atomic E-state index is 0.0127. The zero-order valence-electron chi connectivity index (χ0n) is 25.9. The largest absolute Gasteiger partial charge is 0.481 e. The Labute approximate surface area is 269 Å². The second-order valence-corrected chi connectivity index (χ2v) is 11.5. The van der Waals surface area contributed by atoms with E-state index in [1.165, 1.54) is 12.1 Å². The lowest BCUT2D eigenvalue weighted by Crippen LogP contribution is -2.61. The summed E-state index contributed by atoms with van der Waals surface area (Å²) in [6.07, 6.45) is 4.63. The van der Waals surface area contributed by atoms with Gasteiger partial charge in [-0.3, -0.25) is 24.0 Å². The van der Waals surface area contributed by atoms with Crippen molar-refractivity contribution in [2.75, 3.05) is 18.5 Å². The maximum atomic E-state index is 13.7. The van der Waals surface area contributed by atoms with Gasteiger partial charge >= 0.3 is 17.9 Å². The van der Waals surface area contributed by atoms with E-state index in [0.717, 1.165) is 24.6 Å². The number of hydrogen-bond donors (Lipinski definition) is 5. The number of aryl methyl sites for hydroxylation is 2. The number of likely N-dealkylation sites (N-methyl/N-ethyl adjacent to an activating group) is 1. The number of rotatable bonds is 14. The number of nitrogens with zero attached hydrogens (tertiary/aromatic N) is 3. The molecule has 1 heterocycles. The molecule has 1 aromatic heterocycles. The Bertz CT molecular complexity index is 1850. The van der Waals surface area contributed by atoms with Crippen LogP contribution in [0.5, 0.6) is 0 Å². The molecule has 14 heteroatoms. The second-order valence-electron chi connectivity index (χ2n) is 11.5. The summed E-state index contributed by atoms with van der Waals surface area (Å²) in [5, 5.41) is 29.0. The molecule has 1 amide bonds. The van der Waals surface area contributed by atoms with Gasteiger partial charge in [-0.05, 0) is 80.1 Å². The van der Waals surface area contributed by atoms with Gasteiger partial charge in [-0.1, -0.05) is 5.92 Å². The van der Waals surface area contributed by atoms with E-state index in [2.05, 4.69) is 15.9 Å². The number of carboxylic acids is 3. The average Bonchev–Trinajstić information content (AvgIpc) is 3.43. The van der Waals surface area contributed by atoms with Gasteiger partial charge in [0.15, 0.2) is 11.3 Å². The number of fused-ring (bicyclic) bond motifs is 2. The van der Waals surface area contributed by atoms with Gasteiger partial charge in [0.05, 0.1) is 23.5 Å². The van der Waals surface area contributed by atoms with Crippen LogP contribution in [0.4, 0.5) is 5.69 Å². The Hall–Kier alpha value is -5.55. The highest BCUT2D eigenvalue weighted by Crippen LogP contribution is 2.39. The van der Waals surface area contributed by atoms with Crippen LogP contribution < -0.4 is 16.2 Å². The maximum Gasteiger partial charge on any atom is 0.337 e. The number of H-pyrrole nitrogens is 1. The Morgan fingerprint density at radius 1 is 1.13 bits per heavy atom. The Kier molecular flexibility index (Phi) is 10.1. The van der Waals surface area contributed by atoms with Crippen molar-refractivity contribution < 1.29 is 39.3 Å². The second kappa shape index (κ2) is 13.8. The molecule has 14 nitrogen and oxygen atoms in total. The topological polar surface area (TPSA) is 224 Å². The number of benzene rings is 2. The fourth-order valence-electron chi connectivity index (χ4n) is 6.07. The zero-order chi connectivity index (χ0) is 34.6. The summed E-state index contributed by atoms with van der Waals surface area (Å²) in [5.41, 5.74) is 5.87. The van der Waals surface area contributed by atoms with Crippen LogP contribution >= 0.6 is 0 Å². The van der Waals surface area contributed by atoms with Gasteiger partial charge in [0.25, 0.3) is 11.5 Å². The number of amides is 1. The number of terminal acetylenes is 1. The van der Waals surface area contributed by atoms with Crippen LogP contribution in [0, 0.1) is 19.3 Å². The van der Waals surface area contributed by atoms with E-state index in [-0.39, 0.29) is 23.7 Å². The van der Waals surface area contributed by atoms with Gasteiger partial charge in [-0.25, -0.2) is 9.78 Å². The third-order valence-corrected chi connectivity index (χ3v) is 8.61. The summed E-state index contributed by atoms with van der Waals surface area (Å²) in [4.78, 5) is 84.6. The summed E-state index contributed by atoms with van der Waals surface area (Å²) >= 11 is 0. The number of Topliss-reactive ketones (excluding diaryl/α,β-unsaturated/α-hetero) is 1. The number of carbonyl (C=O) groups excluding carboxylic acids is 2. The van der Waals surface area contributed by atoms with Crippen LogP contribution in [-0.2, 0) is 25.6 Å². The zero-order valence-corrected chi connectivity index (χ0v) is 25.9. The highest BCUT2D eigenvalue weighted by molar-refractivity contribution is 6.12. The fourth-order valence-corrected chi connectivity index (χ4v) is 6.07. The number of carboxylic acid groups (broad SMARTS) is 3. The highest BCUT2D eigenvalue weighted by Gasteiger charge is 2.51. The lowest BCUT2D eigenvalue weighted by atomic mass is 9.83. The average molecular weight is 646 g/mol. The van der Waals surface area contributed by atoms with E-state index >= 15 is 0 Å². The highest BCUT2D eigenvalue weighted by atomic mass is 16.4. The molecule has 4 rings (SSSR count). The molecule has 1 aliphatic rings. The quantitative estimate of drug-likeness (QED) is 0.125. The first-order valence-electron chi connectivity index (χ1n) is 14.8. The summed E-state index contributed by atoms with van der Waals surface area (Å²) in [6.45, 7) is 1.91. The molecular formula is C33H35N5O9. The van der Waals surface area contributed by atoms with Crippen molar-refractivity contribution in [1.29, 1.82) is 0 Å². The van der Waals surface area contributed by atoms with Gasteiger partial charge in [-0.15, -0.1) is 6.42 Å². The predicted octanol–water partition coefficient (Wildman–Crippen LogP) is 1.88. The number of carbonyl (C=O) groups is 5. The molecule has 3 aromatic rings. The van der Waals surface area contributed by atoms with Crippen molar-refractivity contribution in [3.63, 3.8) is 0 Å². The number of aliphatic carboxylic acids is 3. The van der Waals surface area contributed by atoms with E-state index in [0.29, 0.717) is 33.7 Å². The minimum Gasteiger partial charge on any atom is -0.481 e. The Balaban J connectivity index is 1.65. The van der Waals surface area contributed by atoms with Crippen LogP contribution in [0.2, 0.25) is 0 Å². The van der Waals surface area contributed by atoms with E-state index in [1.807, 2.05) is 17.0 Å². The van der Waals surface area contributed by atoms with Crippen LogP contribution in [0.1, 0.15) is 65.5 Å². The molecule has 0 bridgehead atoms. The smallest absolute Gasteiger partial charge is 0.337 e. The molecule has 2 aromatic carbocycles. The van der Waals surface area contributed by atoms with Gasteiger partial charge < -0.3 is 35.8 Å². The van der Waals surface area contributed by atoms with Gasteiger partial charge in [0.1, 0.15) is 11.9 Å². The van der Waals surface area contributed by atoms with Crippen LogP contribution in [0.25, 0.3) is 10.9 Å². The van der Waals surface area contributed by atoms with Crippen LogP contribution in [0.15, 0.2) is 41.2 Å². The Morgan fingerprint density at radius 3 is 2.40 bits per heavy atom. The number of aromatic amines is 1. The molecule has 0 saturated heterocycles. The molecule has 0 fully saturated rings. The summed E-state index contributed by atoms with van der Waals surface area (Å²) < 4.78 is 0. The monoisotopic (exact) mass is 645 g/mol. The number of nitrogens with one attached hydrogen (secondary N) is 1. The van der Waals surface area contributed by atoms with Crippen molar-refractivity contribution in [3.8, 4) is 12.3 Å². The van der Waals surface area contributed by atoms with Gasteiger partial charge in [0.2, 0.25) is 0 Å². The van der Waals surface area contributed by atoms with Crippen molar-refractivity contribution in [2.24, 2.45) is 5.73 Å². The van der Waals surface area contributed by atoms with Gasteiger partial charge in [-0.2, -0.15) is 0 Å².